The summed E-state index contributed by atoms with van der Waals surface area (Å²) in [7, 11) is 0. The predicted molar refractivity (Wildman–Crippen MR) is 251 cm³/mol. The van der Waals surface area contributed by atoms with E-state index in [1.807, 2.05) is 0 Å². The van der Waals surface area contributed by atoms with Crippen LogP contribution < -0.4 is 0 Å². The number of unbranched alkanes of at least 4 members (excludes halogenated alkanes) is 16. The van der Waals surface area contributed by atoms with Crippen molar-refractivity contribution in [2.75, 3.05) is 13.2 Å². The molecule has 0 amide bonds. The van der Waals surface area contributed by atoms with E-state index in [2.05, 4.69) is 118 Å². The molecule has 0 aliphatic carbocycles. The zero-order valence-corrected chi connectivity index (χ0v) is 38.0. The zero-order valence-electron chi connectivity index (χ0n) is 38.0. The molecule has 6 heteroatoms. The van der Waals surface area contributed by atoms with Gasteiger partial charge in [0.05, 0.1) is 0 Å². The molecular formula is C53H86O6. The van der Waals surface area contributed by atoms with Gasteiger partial charge in [-0.15, -0.1) is 0 Å². The van der Waals surface area contributed by atoms with E-state index in [1.54, 1.807) is 0 Å². The molecular weight excluding hydrogens is 733 g/mol. The van der Waals surface area contributed by atoms with Crippen LogP contribution >= 0.6 is 0 Å². The van der Waals surface area contributed by atoms with Gasteiger partial charge in [-0.2, -0.15) is 0 Å². The lowest BCUT2D eigenvalue weighted by Crippen LogP contribution is -2.30. The van der Waals surface area contributed by atoms with Gasteiger partial charge in [-0.3, -0.25) is 14.4 Å². The summed E-state index contributed by atoms with van der Waals surface area (Å²) >= 11 is 0. The minimum Gasteiger partial charge on any atom is -0.462 e. The van der Waals surface area contributed by atoms with Crippen molar-refractivity contribution in [3.63, 3.8) is 0 Å². The fraction of sp³-hybridized carbons (Fsp3) is 0.642. The minimum absolute atomic E-state index is 0.111. The Kier molecular flexibility index (Phi) is 44.1. The van der Waals surface area contributed by atoms with Crippen LogP contribution in [0.1, 0.15) is 201 Å². The summed E-state index contributed by atoms with van der Waals surface area (Å²) in [5, 5.41) is 0. The summed E-state index contributed by atoms with van der Waals surface area (Å²) in [4.78, 5) is 37.8. The molecule has 0 aromatic heterocycles. The molecule has 1 unspecified atom stereocenters. The number of allylic oxidation sites excluding steroid dienone is 16. The Hall–Kier alpha value is -3.67. The minimum atomic E-state index is -0.813. The molecule has 0 rings (SSSR count). The second-order valence-electron chi connectivity index (χ2n) is 15.3. The van der Waals surface area contributed by atoms with Crippen molar-refractivity contribution in [2.24, 2.45) is 0 Å². The Balaban J connectivity index is 4.47. The van der Waals surface area contributed by atoms with Gasteiger partial charge in [0.25, 0.3) is 0 Å². The highest BCUT2D eigenvalue weighted by Gasteiger charge is 2.19. The van der Waals surface area contributed by atoms with Gasteiger partial charge in [-0.1, -0.05) is 182 Å². The van der Waals surface area contributed by atoms with E-state index in [1.165, 1.54) is 32.1 Å². The molecule has 0 aromatic carbocycles. The van der Waals surface area contributed by atoms with Gasteiger partial charge < -0.3 is 14.2 Å². The number of carbonyl (C=O) groups is 3. The molecule has 59 heavy (non-hydrogen) atoms. The zero-order chi connectivity index (χ0) is 43.0. The first-order valence-corrected chi connectivity index (χ1v) is 23.8. The maximum Gasteiger partial charge on any atom is 0.306 e. The second-order valence-corrected chi connectivity index (χ2v) is 15.3. The molecule has 6 nitrogen and oxygen atoms in total. The normalized spacial score (nSPS) is 12.9. The number of carbonyl (C=O) groups excluding carboxylic acids is 3. The standard InChI is InChI=1S/C53H86O6/c1-4-7-10-13-16-19-22-24-25-26-27-28-29-32-34-37-40-43-46-52(55)58-49-50(48-57-51(54)45-42-39-36-33-30-21-18-15-12-9-6-3)59-53(56)47-44-41-38-35-31-23-20-17-14-11-8-5-2/h8-9,11-12,17-18,20-22,24-28,33,36,50H,4-7,10,13-16,19,23,29-32,34-35,37-49H2,1-3H3/b11-8-,12-9-,20-17-,21-18-,24-22-,26-25-,28-27-,36-33-. The third-order valence-electron chi connectivity index (χ3n) is 9.61. The molecule has 0 saturated carbocycles. The van der Waals surface area contributed by atoms with Gasteiger partial charge in [0.15, 0.2) is 6.10 Å². The highest BCUT2D eigenvalue weighted by Crippen LogP contribution is 2.12. The monoisotopic (exact) mass is 819 g/mol. The Bertz CT molecular complexity index is 1220. The second kappa shape index (κ2) is 47.0. The van der Waals surface area contributed by atoms with Crippen molar-refractivity contribution in [3.8, 4) is 0 Å². The third-order valence-corrected chi connectivity index (χ3v) is 9.61. The smallest absolute Gasteiger partial charge is 0.306 e. The summed E-state index contributed by atoms with van der Waals surface area (Å²) in [6.45, 7) is 6.29. The SMILES string of the molecule is CC/C=C\C/C=C\C/C=C\CCCC(=O)OCC(COC(=O)CCCCCCC\C=C/C=C\C=C/CCCCCCC)OC(=O)CCCCCCC/C=C\C/C=C\CC. The summed E-state index contributed by atoms with van der Waals surface area (Å²) in [5.41, 5.74) is 0. The maximum absolute atomic E-state index is 12.7. The van der Waals surface area contributed by atoms with E-state index in [9.17, 15) is 14.4 Å². The van der Waals surface area contributed by atoms with Crippen LogP contribution in [0.5, 0.6) is 0 Å². The van der Waals surface area contributed by atoms with E-state index in [0.717, 1.165) is 122 Å². The molecule has 334 valence electrons. The van der Waals surface area contributed by atoms with Gasteiger partial charge in [0.2, 0.25) is 0 Å². The quantitative estimate of drug-likeness (QED) is 0.0201. The molecule has 0 radical (unpaired) electrons. The molecule has 1 atom stereocenters. The van der Waals surface area contributed by atoms with Crippen LogP contribution in [0.4, 0.5) is 0 Å². The lowest BCUT2D eigenvalue weighted by Gasteiger charge is -2.18. The first kappa shape index (κ1) is 55.3. The molecule has 0 aliphatic heterocycles. The van der Waals surface area contributed by atoms with Crippen LogP contribution in [0.15, 0.2) is 97.2 Å². The van der Waals surface area contributed by atoms with Crippen LogP contribution in [0.2, 0.25) is 0 Å². The molecule has 0 aromatic rings. The van der Waals surface area contributed by atoms with Crippen molar-refractivity contribution < 1.29 is 28.6 Å². The first-order valence-electron chi connectivity index (χ1n) is 23.8. The van der Waals surface area contributed by atoms with Crippen molar-refractivity contribution in [1.29, 1.82) is 0 Å². The van der Waals surface area contributed by atoms with Crippen molar-refractivity contribution in [3.05, 3.63) is 97.2 Å². The Labute approximate surface area is 362 Å². The fourth-order valence-electron chi connectivity index (χ4n) is 6.09. The average molecular weight is 819 g/mol. The van der Waals surface area contributed by atoms with Gasteiger partial charge in [0.1, 0.15) is 13.2 Å². The van der Waals surface area contributed by atoms with E-state index in [-0.39, 0.29) is 37.5 Å². The molecule has 0 fully saturated rings. The summed E-state index contributed by atoms with van der Waals surface area (Å²) < 4.78 is 16.6. The predicted octanol–water partition coefficient (Wildman–Crippen LogP) is 15.4. The van der Waals surface area contributed by atoms with E-state index in [4.69, 9.17) is 14.2 Å². The molecule has 0 heterocycles. The van der Waals surface area contributed by atoms with Crippen LogP contribution in [-0.4, -0.2) is 37.2 Å². The topological polar surface area (TPSA) is 78.9 Å². The highest BCUT2D eigenvalue weighted by atomic mass is 16.6. The Morgan fingerprint density at radius 3 is 1.24 bits per heavy atom. The molecule has 0 saturated heterocycles. The van der Waals surface area contributed by atoms with Gasteiger partial charge in [-0.25, -0.2) is 0 Å². The van der Waals surface area contributed by atoms with Crippen molar-refractivity contribution >= 4 is 17.9 Å². The lowest BCUT2D eigenvalue weighted by molar-refractivity contribution is -0.167. The summed E-state index contributed by atoms with van der Waals surface area (Å²) in [6.07, 6.45) is 61.1. The molecule has 0 N–H and O–H groups in total. The number of esters is 3. The van der Waals surface area contributed by atoms with Crippen LogP contribution in [-0.2, 0) is 28.6 Å². The average Bonchev–Trinajstić information content (AvgIpc) is 3.23. The first-order chi connectivity index (χ1) is 29.0. The van der Waals surface area contributed by atoms with E-state index >= 15 is 0 Å². The maximum atomic E-state index is 12.7. The van der Waals surface area contributed by atoms with Gasteiger partial charge >= 0.3 is 17.9 Å². The molecule has 0 spiro atoms. The van der Waals surface area contributed by atoms with Crippen molar-refractivity contribution in [1.82, 2.24) is 0 Å². The third kappa shape index (κ3) is 45.3. The Morgan fingerprint density at radius 1 is 0.373 bits per heavy atom. The van der Waals surface area contributed by atoms with Crippen LogP contribution in [0.3, 0.4) is 0 Å². The van der Waals surface area contributed by atoms with Gasteiger partial charge in [0, 0.05) is 19.3 Å². The van der Waals surface area contributed by atoms with Gasteiger partial charge in [-0.05, 0) is 96.3 Å². The van der Waals surface area contributed by atoms with Crippen molar-refractivity contribution in [2.45, 2.75) is 207 Å². The molecule has 0 aliphatic rings. The summed E-state index contributed by atoms with van der Waals surface area (Å²) in [5.74, 6) is -1.01. The molecule has 0 bridgehead atoms. The summed E-state index contributed by atoms with van der Waals surface area (Å²) in [6, 6.07) is 0. The lowest BCUT2D eigenvalue weighted by atomic mass is 10.1. The Morgan fingerprint density at radius 2 is 0.746 bits per heavy atom. The van der Waals surface area contributed by atoms with Crippen LogP contribution in [0.25, 0.3) is 0 Å². The van der Waals surface area contributed by atoms with E-state index in [0.29, 0.717) is 19.3 Å². The highest BCUT2D eigenvalue weighted by molar-refractivity contribution is 5.71. The number of ether oxygens (including phenoxy) is 3. The number of hydrogen-bond donors (Lipinski definition) is 0. The fourth-order valence-corrected chi connectivity index (χ4v) is 6.09. The number of hydrogen-bond acceptors (Lipinski definition) is 6. The number of rotatable bonds is 41. The van der Waals surface area contributed by atoms with Crippen LogP contribution in [0, 0.1) is 0 Å². The van der Waals surface area contributed by atoms with E-state index < -0.39 is 6.10 Å². The largest absolute Gasteiger partial charge is 0.462 e.